The fraction of sp³-hybridized carbons (Fsp3) is 0.727. The van der Waals surface area contributed by atoms with Gasteiger partial charge in [-0.25, -0.2) is 0 Å². The average Bonchev–Trinajstić information content (AvgIpc) is 2.29. The van der Waals surface area contributed by atoms with Gasteiger partial charge in [-0.3, -0.25) is 9.58 Å². The summed E-state index contributed by atoms with van der Waals surface area (Å²) in [5, 5.41) is 7.74. The molecule has 2 rings (SSSR count). The molecule has 1 aliphatic rings. The fourth-order valence-corrected chi connectivity index (χ4v) is 2.01. The number of likely N-dealkylation sites (N-methyl/N-ethyl adjacent to an activating group) is 1. The lowest BCUT2D eigenvalue weighted by atomic mass is 10.1. The standard InChI is InChI=1S/C11H20N4/c1-8-11(9(2)15(4)13-8)7-14(3)10-5-12-6-10/h10,12H,5-7H2,1-4H3. The molecule has 2 heterocycles. The van der Waals surface area contributed by atoms with Crippen LogP contribution in [0.25, 0.3) is 0 Å². The first-order chi connectivity index (χ1) is 7.09. The third-order valence-corrected chi connectivity index (χ3v) is 3.45. The molecule has 1 aromatic heterocycles. The maximum Gasteiger partial charge on any atom is 0.0641 e. The zero-order valence-corrected chi connectivity index (χ0v) is 10.0. The average molecular weight is 208 g/mol. The quantitative estimate of drug-likeness (QED) is 0.782. The molecule has 15 heavy (non-hydrogen) atoms. The minimum absolute atomic E-state index is 0.698. The number of hydrogen-bond acceptors (Lipinski definition) is 3. The summed E-state index contributed by atoms with van der Waals surface area (Å²) in [5.74, 6) is 0. The molecule has 0 amide bonds. The summed E-state index contributed by atoms with van der Waals surface area (Å²) in [4.78, 5) is 2.41. The zero-order chi connectivity index (χ0) is 11.0. The number of hydrogen-bond donors (Lipinski definition) is 1. The van der Waals surface area contributed by atoms with Gasteiger partial charge >= 0.3 is 0 Å². The van der Waals surface area contributed by atoms with Gasteiger partial charge < -0.3 is 5.32 Å². The lowest BCUT2D eigenvalue weighted by Crippen LogP contribution is -2.55. The molecule has 1 fully saturated rings. The first-order valence-electron chi connectivity index (χ1n) is 5.49. The maximum atomic E-state index is 4.44. The van der Waals surface area contributed by atoms with Gasteiger partial charge in [-0.2, -0.15) is 5.10 Å². The highest BCUT2D eigenvalue weighted by molar-refractivity contribution is 5.24. The number of aromatic nitrogens is 2. The van der Waals surface area contributed by atoms with Gasteiger partial charge in [0.25, 0.3) is 0 Å². The van der Waals surface area contributed by atoms with Crippen LogP contribution in [-0.2, 0) is 13.6 Å². The predicted octanol–water partition coefficient (Wildman–Crippen LogP) is 0.441. The van der Waals surface area contributed by atoms with Crippen LogP contribution in [0.5, 0.6) is 0 Å². The Kier molecular flexibility index (Phi) is 2.80. The third kappa shape index (κ3) is 1.92. The predicted molar refractivity (Wildman–Crippen MR) is 60.8 cm³/mol. The maximum absolute atomic E-state index is 4.44. The number of nitrogens with zero attached hydrogens (tertiary/aromatic N) is 3. The van der Waals surface area contributed by atoms with Crippen molar-refractivity contribution in [3.05, 3.63) is 17.0 Å². The van der Waals surface area contributed by atoms with Gasteiger partial charge in [0.05, 0.1) is 5.69 Å². The van der Waals surface area contributed by atoms with Crippen molar-refractivity contribution < 1.29 is 0 Å². The summed E-state index contributed by atoms with van der Waals surface area (Å²) >= 11 is 0. The summed E-state index contributed by atoms with van der Waals surface area (Å²) in [6, 6.07) is 0.698. The van der Waals surface area contributed by atoms with E-state index in [0.717, 1.165) is 25.3 Å². The smallest absolute Gasteiger partial charge is 0.0641 e. The second-order valence-electron chi connectivity index (χ2n) is 4.50. The molecule has 0 spiro atoms. The monoisotopic (exact) mass is 208 g/mol. The van der Waals surface area contributed by atoms with Crippen LogP contribution in [-0.4, -0.2) is 40.9 Å². The van der Waals surface area contributed by atoms with Crippen molar-refractivity contribution in [3.63, 3.8) is 0 Å². The summed E-state index contributed by atoms with van der Waals surface area (Å²) in [6.07, 6.45) is 0. The van der Waals surface area contributed by atoms with Gasteiger partial charge in [-0.15, -0.1) is 0 Å². The van der Waals surface area contributed by atoms with E-state index >= 15 is 0 Å². The summed E-state index contributed by atoms with van der Waals surface area (Å²) in [5.41, 5.74) is 3.83. The largest absolute Gasteiger partial charge is 0.314 e. The molecule has 1 aromatic rings. The molecule has 0 radical (unpaired) electrons. The van der Waals surface area contributed by atoms with E-state index in [2.05, 4.69) is 36.2 Å². The number of aryl methyl sites for hydroxylation is 2. The van der Waals surface area contributed by atoms with Crippen molar-refractivity contribution in [2.75, 3.05) is 20.1 Å². The molecule has 1 aliphatic heterocycles. The van der Waals surface area contributed by atoms with Crippen LogP contribution in [0.2, 0.25) is 0 Å². The van der Waals surface area contributed by atoms with Crippen LogP contribution in [0.15, 0.2) is 0 Å². The van der Waals surface area contributed by atoms with Crippen LogP contribution >= 0.6 is 0 Å². The lowest BCUT2D eigenvalue weighted by Gasteiger charge is -2.35. The van der Waals surface area contributed by atoms with Gasteiger partial charge in [0, 0.05) is 44.0 Å². The third-order valence-electron chi connectivity index (χ3n) is 3.45. The molecule has 4 heteroatoms. The second-order valence-corrected chi connectivity index (χ2v) is 4.50. The van der Waals surface area contributed by atoms with E-state index in [4.69, 9.17) is 0 Å². The normalized spacial score (nSPS) is 17.1. The van der Waals surface area contributed by atoms with Crippen LogP contribution in [0.1, 0.15) is 17.0 Å². The molecule has 0 aromatic carbocycles. The van der Waals surface area contributed by atoms with Crippen LogP contribution < -0.4 is 5.32 Å². The van der Waals surface area contributed by atoms with Gasteiger partial charge in [0.15, 0.2) is 0 Å². The van der Waals surface area contributed by atoms with Crippen molar-refractivity contribution >= 4 is 0 Å². The number of rotatable bonds is 3. The highest BCUT2D eigenvalue weighted by atomic mass is 15.3. The van der Waals surface area contributed by atoms with Crippen molar-refractivity contribution in [1.82, 2.24) is 20.0 Å². The van der Waals surface area contributed by atoms with Gasteiger partial charge in [-0.05, 0) is 20.9 Å². The van der Waals surface area contributed by atoms with Crippen molar-refractivity contribution in [1.29, 1.82) is 0 Å². The second kappa shape index (κ2) is 3.94. The Morgan fingerprint density at radius 1 is 1.47 bits per heavy atom. The Morgan fingerprint density at radius 2 is 2.13 bits per heavy atom. The topological polar surface area (TPSA) is 33.1 Å². The molecular weight excluding hydrogens is 188 g/mol. The molecule has 0 atom stereocenters. The van der Waals surface area contributed by atoms with Crippen LogP contribution in [0, 0.1) is 13.8 Å². The molecule has 4 nitrogen and oxygen atoms in total. The van der Waals surface area contributed by atoms with E-state index in [0.29, 0.717) is 6.04 Å². The van der Waals surface area contributed by atoms with E-state index in [-0.39, 0.29) is 0 Å². The Labute approximate surface area is 91.3 Å². The summed E-state index contributed by atoms with van der Waals surface area (Å²) < 4.78 is 1.97. The van der Waals surface area contributed by atoms with E-state index in [1.54, 1.807) is 0 Å². The molecular formula is C11H20N4. The highest BCUT2D eigenvalue weighted by Gasteiger charge is 2.23. The Bertz CT molecular complexity index is 352. The highest BCUT2D eigenvalue weighted by Crippen LogP contribution is 2.16. The van der Waals surface area contributed by atoms with E-state index in [9.17, 15) is 0 Å². The van der Waals surface area contributed by atoms with Crippen LogP contribution in [0.3, 0.4) is 0 Å². The Hall–Kier alpha value is -0.870. The Balaban J connectivity index is 2.09. The molecule has 0 bridgehead atoms. The molecule has 0 unspecified atom stereocenters. The molecule has 0 saturated carbocycles. The summed E-state index contributed by atoms with van der Waals surface area (Å²) in [7, 11) is 4.20. The van der Waals surface area contributed by atoms with Crippen molar-refractivity contribution in [3.8, 4) is 0 Å². The van der Waals surface area contributed by atoms with Crippen molar-refractivity contribution in [2.24, 2.45) is 7.05 Å². The fourth-order valence-electron chi connectivity index (χ4n) is 2.01. The molecule has 1 N–H and O–H groups in total. The first kappa shape index (κ1) is 10.6. The minimum atomic E-state index is 0.698. The van der Waals surface area contributed by atoms with Gasteiger partial charge in [0.1, 0.15) is 0 Å². The summed E-state index contributed by atoms with van der Waals surface area (Å²) in [6.45, 7) is 7.49. The zero-order valence-electron chi connectivity index (χ0n) is 10.0. The number of nitrogens with one attached hydrogen (secondary N) is 1. The van der Waals surface area contributed by atoms with E-state index < -0.39 is 0 Å². The lowest BCUT2D eigenvalue weighted by molar-refractivity contribution is 0.172. The van der Waals surface area contributed by atoms with Gasteiger partial charge in [-0.1, -0.05) is 0 Å². The molecule has 1 saturated heterocycles. The van der Waals surface area contributed by atoms with Gasteiger partial charge in [0.2, 0.25) is 0 Å². The SMILES string of the molecule is Cc1nn(C)c(C)c1CN(C)C1CNC1. The van der Waals surface area contributed by atoms with E-state index in [1.807, 2.05) is 11.7 Å². The molecule has 0 aliphatic carbocycles. The Morgan fingerprint density at radius 3 is 2.53 bits per heavy atom. The van der Waals surface area contributed by atoms with Crippen molar-refractivity contribution in [2.45, 2.75) is 26.4 Å². The minimum Gasteiger partial charge on any atom is -0.314 e. The molecule has 84 valence electrons. The van der Waals surface area contributed by atoms with Crippen LogP contribution in [0.4, 0.5) is 0 Å². The van der Waals surface area contributed by atoms with E-state index in [1.165, 1.54) is 11.3 Å². The first-order valence-corrected chi connectivity index (χ1v) is 5.49.